The number of rotatable bonds is 1. The first-order valence-electron chi connectivity index (χ1n) is 3.69. The van der Waals surface area contributed by atoms with Crippen molar-refractivity contribution in [3.63, 3.8) is 0 Å². The van der Waals surface area contributed by atoms with Crippen LogP contribution in [0.2, 0.25) is 0 Å². The van der Waals surface area contributed by atoms with Crippen molar-refractivity contribution in [2.75, 3.05) is 7.11 Å². The van der Waals surface area contributed by atoms with Gasteiger partial charge in [-0.3, -0.25) is 0 Å². The van der Waals surface area contributed by atoms with E-state index in [1.54, 1.807) is 0 Å². The predicted octanol–water partition coefficient (Wildman–Crippen LogP) is 0.526. The molecule has 9 heavy (non-hydrogen) atoms. The minimum Gasteiger partial charge on any atom is -0.380 e. The highest BCUT2D eigenvalue weighted by Crippen LogP contribution is 2.29. The highest BCUT2D eigenvalue weighted by Gasteiger charge is 2.38. The van der Waals surface area contributed by atoms with Crippen LogP contribution in [-0.2, 0) is 4.74 Å². The summed E-state index contributed by atoms with van der Waals surface area (Å²) in [4.78, 5) is 0. The molecule has 0 aromatic rings. The fraction of sp³-hybridized carbons (Fsp3) is 1.00. The van der Waals surface area contributed by atoms with Crippen LogP contribution in [-0.4, -0.2) is 25.3 Å². The summed E-state index contributed by atoms with van der Waals surface area (Å²) in [5, 5.41) is 3.50. The second-order valence-electron chi connectivity index (χ2n) is 3.06. The van der Waals surface area contributed by atoms with E-state index in [0.29, 0.717) is 12.1 Å². The van der Waals surface area contributed by atoms with E-state index in [4.69, 9.17) is 4.74 Å². The van der Waals surface area contributed by atoms with Gasteiger partial charge in [-0.15, -0.1) is 0 Å². The number of methoxy groups -OCH3 is 1. The van der Waals surface area contributed by atoms with Gasteiger partial charge in [0, 0.05) is 19.2 Å². The Morgan fingerprint density at radius 2 is 2.33 bits per heavy atom. The highest BCUT2D eigenvalue weighted by atomic mass is 16.5. The fourth-order valence-corrected chi connectivity index (χ4v) is 2.03. The number of hydrogen-bond donors (Lipinski definition) is 1. The van der Waals surface area contributed by atoms with Gasteiger partial charge in [-0.1, -0.05) is 0 Å². The number of hydrogen-bond acceptors (Lipinski definition) is 2. The van der Waals surface area contributed by atoms with Crippen molar-refractivity contribution < 1.29 is 4.74 Å². The maximum Gasteiger partial charge on any atom is 0.0739 e. The molecular formula is C7H13NO. The van der Waals surface area contributed by atoms with Crippen LogP contribution in [0.15, 0.2) is 0 Å². The van der Waals surface area contributed by atoms with E-state index < -0.39 is 0 Å². The zero-order valence-corrected chi connectivity index (χ0v) is 5.76. The third-order valence-electron chi connectivity index (χ3n) is 2.54. The summed E-state index contributed by atoms with van der Waals surface area (Å²) >= 11 is 0. The van der Waals surface area contributed by atoms with Crippen LogP contribution in [0.1, 0.15) is 19.3 Å². The maximum absolute atomic E-state index is 5.28. The highest BCUT2D eigenvalue weighted by molar-refractivity contribution is 4.98. The molecule has 0 aromatic carbocycles. The van der Waals surface area contributed by atoms with Gasteiger partial charge in [-0.25, -0.2) is 0 Å². The van der Waals surface area contributed by atoms with E-state index in [1.165, 1.54) is 19.3 Å². The van der Waals surface area contributed by atoms with Crippen molar-refractivity contribution in [3.8, 4) is 0 Å². The van der Waals surface area contributed by atoms with E-state index in [1.807, 2.05) is 7.11 Å². The Labute approximate surface area is 55.6 Å². The summed E-state index contributed by atoms with van der Waals surface area (Å²) in [7, 11) is 1.81. The maximum atomic E-state index is 5.28. The zero-order chi connectivity index (χ0) is 6.27. The molecule has 0 radical (unpaired) electrons. The third-order valence-corrected chi connectivity index (χ3v) is 2.54. The molecule has 0 spiro atoms. The van der Waals surface area contributed by atoms with E-state index in [2.05, 4.69) is 5.32 Å². The standard InChI is InChI=1S/C7H13NO/c1-9-7-4-5-2-3-6(7)8-5/h5-8H,2-4H2,1H3/t5-,6+,7?/m1/s1. The van der Waals surface area contributed by atoms with Crippen LogP contribution in [0, 0.1) is 0 Å². The molecule has 2 saturated heterocycles. The van der Waals surface area contributed by atoms with E-state index in [0.717, 1.165) is 6.04 Å². The molecule has 0 saturated carbocycles. The molecular weight excluding hydrogens is 114 g/mol. The second kappa shape index (κ2) is 1.96. The summed E-state index contributed by atoms with van der Waals surface area (Å²) in [6, 6.07) is 1.46. The summed E-state index contributed by atoms with van der Waals surface area (Å²) in [6.07, 6.45) is 4.44. The molecule has 0 amide bonds. The second-order valence-corrected chi connectivity index (χ2v) is 3.06. The average Bonchev–Trinajstić information content (AvgIpc) is 2.45. The minimum absolute atomic E-state index is 0.517. The first-order chi connectivity index (χ1) is 4.40. The molecule has 52 valence electrons. The molecule has 2 nitrogen and oxygen atoms in total. The lowest BCUT2D eigenvalue weighted by atomic mass is 9.98. The van der Waals surface area contributed by atoms with E-state index >= 15 is 0 Å². The normalized spacial score (nSPS) is 48.3. The van der Waals surface area contributed by atoms with Crippen LogP contribution < -0.4 is 5.32 Å². The van der Waals surface area contributed by atoms with Gasteiger partial charge in [0.15, 0.2) is 0 Å². The van der Waals surface area contributed by atoms with Crippen LogP contribution in [0.5, 0.6) is 0 Å². The van der Waals surface area contributed by atoms with Gasteiger partial charge in [0.1, 0.15) is 0 Å². The largest absolute Gasteiger partial charge is 0.380 e. The average molecular weight is 127 g/mol. The Hall–Kier alpha value is -0.0800. The van der Waals surface area contributed by atoms with Gasteiger partial charge < -0.3 is 10.1 Å². The monoisotopic (exact) mass is 127 g/mol. The van der Waals surface area contributed by atoms with Crippen LogP contribution in [0.4, 0.5) is 0 Å². The van der Waals surface area contributed by atoms with Gasteiger partial charge in [0.25, 0.3) is 0 Å². The van der Waals surface area contributed by atoms with Crippen LogP contribution in [0.25, 0.3) is 0 Å². The molecule has 0 aliphatic carbocycles. The number of fused-ring (bicyclic) bond motifs is 2. The van der Waals surface area contributed by atoms with Crippen molar-refractivity contribution >= 4 is 0 Å². The Morgan fingerprint density at radius 1 is 1.44 bits per heavy atom. The van der Waals surface area contributed by atoms with Gasteiger partial charge >= 0.3 is 0 Å². The molecule has 1 N–H and O–H groups in total. The van der Waals surface area contributed by atoms with Crippen LogP contribution in [0.3, 0.4) is 0 Å². The van der Waals surface area contributed by atoms with Crippen molar-refractivity contribution in [1.82, 2.24) is 5.32 Å². The smallest absolute Gasteiger partial charge is 0.0739 e. The fourth-order valence-electron chi connectivity index (χ4n) is 2.03. The first kappa shape index (κ1) is 5.69. The first-order valence-corrected chi connectivity index (χ1v) is 3.69. The molecule has 3 atom stereocenters. The quantitative estimate of drug-likeness (QED) is 0.554. The van der Waals surface area contributed by atoms with Crippen molar-refractivity contribution in [2.45, 2.75) is 37.5 Å². The molecule has 2 aliphatic rings. The van der Waals surface area contributed by atoms with E-state index in [9.17, 15) is 0 Å². The Bertz CT molecular complexity index is 115. The Morgan fingerprint density at radius 3 is 2.67 bits per heavy atom. The van der Waals surface area contributed by atoms with Crippen molar-refractivity contribution in [2.24, 2.45) is 0 Å². The molecule has 2 rings (SSSR count). The topological polar surface area (TPSA) is 21.3 Å². The Kier molecular flexibility index (Phi) is 1.24. The molecule has 2 fully saturated rings. The SMILES string of the molecule is COC1C[C@H]2CC[C@@H]1N2. The molecule has 0 aromatic heterocycles. The molecule has 2 bridgehead atoms. The lowest BCUT2D eigenvalue weighted by Crippen LogP contribution is -2.27. The number of nitrogens with one attached hydrogen (secondary N) is 1. The lowest BCUT2D eigenvalue weighted by Gasteiger charge is -2.17. The number of ether oxygens (including phenoxy) is 1. The Balaban J connectivity index is 2.01. The van der Waals surface area contributed by atoms with Gasteiger partial charge in [0.05, 0.1) is 6.10 Å². The van der Waals surface area contributed by atoms with Gasteiger partial charge in [0.2, 0.25) is 0 Å². The summed E-state index contributed by atoms with van der Waals surface area (Å²) < 4.78 is 5.28. The molecule has 2 heterocycles. The van der Waals surface area contributed by atoms with Gasteiger partial charge in [-0.05, 0) is 19.3 Å². The lowest BCUT2D eigenvalue weighted by molar-refractivity contribution is 0.0819. The minimum atomic E-state index is 0.517. The van der Waals surface area contributed by atoms with E-state index in [-0.39, 0.29) is 0 Å². The molecule has 2 heteroatoms. The van der Waals surface area contributed by atoms with Gasteiger partial charge in [-0.2, -0.15) is 0 Å². The zero-order valence-electron chi connectivity index (χ0n) is 5.76. The predicted molar refractivity (Wildman–Crippen MR) is 35.4 cm³/mol. The summed E-state index contributed by atoms with van der Waals surface area (Å²) in [5.41, 5.74) is 0. The van der Waals surface area contributed by atoms with Crippen LogP contribution >= 0.6 is 0 Å². The van der Waals surface area contributed by atoms with Crippen molar-refractivity contribution in [3.05, 3.63) is 0 Å². The summed E-state index contributed by atoms with van der Waals surface area (Å²) in [5.74, 6) is 0. The molecule has 2 aliphatic heterocycles. The summed E-state index contributed by atoms with van der Waals surface area (Å²) in [6.45, 7) is 0. The molecule has 1 unspecified atom stereocenters. The third kappa shape index (κ3) is 0.775. The van der Waals surface area contributed by atoms with Crippen molar-refractivity contribution in [1.29, 1.82) is 0 Å².